The quantitative estimate of drug-likeness (QED) is 0.304. The largest absolute Gasteiger partial charge is 0.481 e. The first-order valence-electron chi connectivity index (χ1n) is 8.71. The maximum atomic E-state index is 10.3. The van der Waals surface area contributed by atoms with Crippen LogP contribution in [0.25, 0.3) is 0 Å². The average molecular weight is 312 g/mol. The van der Waals surface area contributed by atoms with Gasteiger partial charge in [-0.3, -0.25) is 9.59 Å². The summed E-state index contributed by atoms with van der Waals surface area (Å²) in [5.41, 5.74) is 0. The van der Waals surface area contributed by atoms with Crippen LogP contribution in [0.15, 0.2) is 12.2 Å². The first-order valence-corrected chi connectivity index (χ1v) is 8.71. The van der Waals surface area contributed by atoms with E-state index in [9.17, 15) is 9.59 Å². The minimum absolute atomic E-state index is 0.229. The lowest BCUT2D eigenvalue weighted by molar-refractivity contribution is -0.138. The Morgan fingerprint density at radius 3 is 1.45 bits per heavy atom. The lowest BCUT2D eigenvalue weighted by Crippen LogP contribution is -1.93. The van der Waals surface area contributed by atoms with Crippen molar-refractivity contribution in [2.75, 3.05) is 0 Å². The van der Waals surface area contributed by atoms with Gasteiger partial charge in [-0.15, -0.1) is 0 Å². The minimum Gasteiger partial charge on any atom is -0.481 e. The zero-order chi connectivity index (χ0) is 16.5. The van der Waals surface area contributed by atoms with E-state index in [2.05, 4.69) is 6.08 Å². The van der Waals surface area contributed by atoms with Gasteiger partial charge in [0, 0.05) is 12.8 Å². The molecule has 0 rings (SSSR count). The number of carbonyl (C=O) groups is 2. The Morgan fingerprint density at radius 2 is 0.955 bits per heavy atom. The molecule has 2 N–H and O–H groups in total. The molecule has 4 nitrogen and oxygen atoms in total. The number of unbranched alkanes of at least 4 members (excludes halogenated alkanes) is 10. The number of allylic oxidation sites excluding steroid dienone is 2. The van der Waals surface area contributed by atoms with Crippen LogP contribution in [-0.4, -0.2) is 22.2 Å². The molecule has 0 heterocycles. The summed E-state index contributed by atoms with van der Waals surface area (Å²) in [4.78, 5) is 20.6. The molecule has 0 aliphatic heterocycles. The van der Waals surface area contributed by atoms with Crippen molar-refractivity contribution in [2.24, 2.45) is 0 Å². The molecular weight excluding hydrogens is 280 g/mol. The Labute approximate surface area is 134 Å². The molecule has 0 unspecified atom stereocenters. The second-order valence-corrected chi connectivity index (χ2v) is 5.87. The van der Waals surface area contributed by atoms with E-state index in [4.69, 9.17) is 10.2 Å². The van der Waals surface area contributed by atoms with E-state index in [0.29, 0.717) is 12.8 Å². The van der Waals surface area contributed by atoms with Crippen LogP contribution >= 0.6 is 0 Å². The first kappa shape index (κ1) is 20.7. The molecule has 0 aromatic heterocycles. The zero-order valence-corrected chi connectivity index (χ0v) is 13.8. The van der Waals surface area contributed by atoms with E-state index in [-0.39, 0.29) is 6.42 Å². The molecule has 0 aromatic rings. The Balaban J connectivity index is 3.08. The maximum Gasteiger partial charge on any atom is 0.303 e. The van der Waals surface area contributed by atoms with Crippen molar-refractivity contribution in [1.29, 1.82) is 0 Å². The highest BCUT2D eigenvalue weighted by atomic mass is 16.4. The lowest BCUT2D eigenvalue weighted by Gasteiger charge is -2.01. The van der Waals surface area contributed by atoms with Crippen LogP contribution < -0.4 is 0 Å². The molecule has 22 heavy (non-hydrogen) atoms. The van der Waals surface area contributed by atoms with Crippen LogP contribution in [0.2, 0.25) is 0 Å². The highest BCUT2D eigenvalue weighted by Gasteiger charge is 1.96. The molecule has 0 bridgehead atoms. The standard InChI is InChI=1S/C18H32O4/c19-17(20)15-13-11-9-7-5-3-1-2-4-6-8-10-12-14-16-18(21)22/h9,11H,1-8,10,12-16H2,(H,19,20)(H,21,22). The maximum absolute atomic E-state index is 10.3. The third-order valence-electron chi connectivity index (χ3n) is 3.70. The fourth-order valence-electron chi connectivity index (χ4n) is 2.40. The van der Waals surface area contributed by atoms with Crippen LogP contribution in [-0.2, 0) is 9.59 Å². The van der Waals surface area contributed by atoms with Gasteiger partial charge >= 0.3 is 11.9 Å². The minimum atomic E-state index is -0.730. The van der Waals surface area contributed by atoms with Gasteiger partial charge in [0.15, 0.2) is 0 Å². The summed E-state index contributed by atoms with van der Waals surface area (Å²) in [6.45, 7) is 0. The van der Waals surface area contributed by atoms with Crippen LogP contribution in [0.5, 0.6) is 0 Å². The van der Waals surface area contributed by atoms with Crippen LogP contribution in [0, 0.1) is 0 Å². The van der Waals surface area contributed by atoms with Gasteiger partial charge in [-0.05, 0) is 25.7 Å². The second kappa shape index (κ2) is 16.1. The van der Waals surface area contributed by atoms with Gasteiger partial charge in [-0.25, -0.2) is 0 Å². The van der Waals surface area contributed by atoms with Crippen molar-refractivity contribution in [1.82, 2.24) is 0 Å². The number of hydrogen-bond acceptors (Lipinski definition) is 2. The number of carboxylic acids is 2. The molecule has 0 atom stereocenters. The summed E-state index contributed by atoms with van der Waals surface area (Å²) in [6.07, 6.45) is 18.1. The summed E-state index contributed by atoms with van der Waals surface area (Å²) in [6, 6.07) is 0. The van der Waals surface area contributed by atoms with E-state index in [1.807, 2.05) is 6.08 Å². The summed E-state index contributed by atoms with van der Waals surface area (Å²) in [5, 5.41) is 17.0. The molecule has 0 radical (unpaired) electrons. The number of hydrogen-bond donors (Lipinski definition) is 2. The van der Waals surface area contributed by atoms with Gasteiger partial charge in [0.1, 0.15) is 0 Å². The highest BCUT2D eigenvalue weighted by Crippen LogP contribution is 2.12. The SMILES string of the molecule is O=C(O)CCC=CCCCCCCCCCCCCC(=O)O. The van der Waals surface area contributed by atoms with Gasteiger partial charge in [-0.1, -0.05) is 63.5 Å². The van der Waals surface area contributed by atoms with Gasteiger partial charge < -0.3 is 10.2 Å². The Hall–Kier alpha value is -1.32. The molecule has 4 heteroatoms. The van der Waals surface area contributed by atoms with E-state index in [1.165, 1.54) is 44.9 Å². The van der Waals surface area contributed by atoms with Gasteiger partial charge in [0.05, 0.1) is 0 Å². The fourth-order valence-corrected chi connectivity index (χ4v) is 2.40. The third kappa shape index (κ3) is 18.7. The summed E-state index contributed by atoms with van der Waals surface area (Å²) in [5.74, 6) is -1.41. The smallest absolute Gasteiger partial charge is 0.303 e. The summed E-state index contributed by atoms with van der Waals surface area (Å²) >= 11 is 0. The predicted octanol–water partition coefficient (Wildman–Crippen LogP) is 5.17. The molecule has 0 aliphatic rings. The molecule has 0 aliphatic carbocycles. The third-order valence-corrected chi connectivity index (χ3v) is 3.70. The predicted molar refractivity (Wildman–Crippen MR) is 89.0 cm³/mol. The second-order valence-electron chi connectivity index (χ2n) is 5.87. The fraction of sp³-hybridized carbons (Fsp3) is 0.778. The van der Waals surface area contributed by atoms with Crippen molar-refractivity contribution < 1.29 is 19.8 Å². The highest BCUT2D eigenvalue weighted by molar-refractivity contribution is 5.66. The van der Waals surface area contributed by atoms with Crippen LogP contribution in [0.4, 0.5) is 0 Å². The van der Waals surface area contributed by atoms with Crippen molar-refractivity contribution in [3.8, 4) is 0 Å². The molecule has 0 amide bonds. The molecular formula is C18H32O4. The zero-order valence-electron chi connectivity index (χ0n) is 13.8. The Bertz CT molecular complexity index is 310. The van der Waals surface area contributed by atoms with E-state index >= 15 is 0 Å². The van der Waals surface area contributed by atoms with Crippen molar-refractivity contribution in [3.05, 3.63) is 12.2 Å². The van der Waals surface area contributed by atoms with E-state index < -0.39 is 11.9 Å². The summed E-state index contributed by atoms with van der Waals surface area (Å²) in [7, 11) is 0. The van der Waals surface area contributed by atoms with Crippen molar-refractivity contribution in [3.63, 3.8) is 0 Å². The molecule has 128 valence electrons. The number of rotatable bonds is 16. The molecule has 0 fully saturated rings. The van der Waals surface area contributed by atoms with Gasteiger partial charge in [-0.2, -0.15) is 0 Å². The van der Waals surface area contributed by atoms with E-state index in [0.717, 1.165) is 25.7 Å². The molecule has 0 spiro atoms. The molecule has 0 saturated heterocycles. The number of aliphatic carboxylic acids is 2. The van der Waals surface area contributed by atoms with Crippen LogP contribution in [0.1, 0.15) is 89.9 Å². The van der Waals surface area contributed by atoms with Crippen LogP contribution in [0.3, 0.4) is 0 Å². The van der Waals surface area contributed by atoms with Gasteiger partial charge in [0.2, 0.25) is 0 Å². The topological polar surface area (TPSA) is 74.6 Å². The lowest BCUT2D eigenvalue weighted by atomic mass is 10.1. The van der Waals surface area contributed by atoms with Crippen molar-refractivity contribution >= 4 is 11.9 Å². The first-order chi connectivity index (χ1) is 10.6. The summed E-state index contributed by atoms with van der Waals surface area (Å²) < 4.78 is 0. The Kier molecular flexibility index (Phi) is 15.1. The Morgan fingerprint density at radius 1 is 0.545 bits per heavy atom. The average Bonchev–Trinajstić information content (AvgIpc) is 2.46. The molecule has 0 saturated carbocycles. The van der Waals surface area contributed by atoms with Gasteiger partial charge in [0.25, 0.3) is 0 Å². The normalized spacial score (nSPS) is 11.1. The van der Waals surface area contributed by atoms with E-state index in [1.54, 1.807) is 0 Å². The number of carboxylic acid groups (broad SMARTS) is 2. The monoisotopic (exact) mass is 312 g/mol. The molecule has 0 aromatic carbocycles. The van der Waals surface area contributed by atoms with Crippen molar-refractivity contribution in [2.45, 2.75) is 89.9 Å².